The topological polar surface area (TPSA) is 75.3 Å². The second-order valence-electron chi connectivity index (χ2n) is 4.30. The zero-order valence-electron chi connectivity index (χ0n) is 10.7. The number of carboxylic acid groups (broad SMARTS) is 1. The Hall–Kier alpha value is -2.35. The van der Waals surface area contributed by atoms with Gasteiger partial charge in [-0.25, -0.2) is 22.6 Å². The third kappa shape index (κ3) is 3.05. The summed E-state index contributed by atoms with van der Waals surface area (Å²) < 4.78 is 40.2. The quantitative estimate of drug-likeness (QED) is 0.827. The summed E-state index contributed by atoms with van der Waals surface area (Å²) in [7, 11) is 0. The molecule has 0 unspecified atom stereocenters. The van der Waals surface area contributed by atoms with Crippen LogP contribution in [-0.2, 0) is 6.42 Å². The molecule has 2 rings (SSSR count). The number of aromatic carboxylic acids is 1. The van der Waals surface area contributed by atoms with Gasteiger partial charge in [-0.15, -0.1) is 0 Å². The summed E-state index contributed by atoms with van der Waals surface area (Å²) in [5, 5.41) is 21.5. The molecule has 1 aromatic carbocycles. The Morgan fingerprint density at radius 2 is 1.86 bits per heavy atom. The van der Waals surface area contributed by atoms with Gasteiger partial charge in [0.25, 0.3) is 0 Å². The van der Waals surface area contributed by atoms with E-state index in [9.17, 15) is 18.0 Å². The normalized spacial score (nSPS) is 10.9. The van der Waals surface area contributed by atoms with Crippen LogP contribution in [0.25, 0.3) is 5.69 Å². The highest BCUT2D eigenvalue weighted by atomic mass is 19.2. The minimum absolute atomic E-state index is 0.135. The number of hydrogen-bond donors (Lipinski definition) is 2. The highest BCUT2D eigenvalue weighted by Crippen LogP contribution is 2.19. The maximum Gasteiger partial charge on any atom is 0.356 e. The van der Waals surface area contributed by atoms with Crippen LogP contribution in [0.1, 0.15) is 22.5 Å². The van der Waals surface area contributed by atoms with Gasteiger partial charge in [0.1, 0.15) is 0 Å². The van der Waals surface area contributed by atoms with E-state index in [-0.39, 0.29) is 24.4 Å². The molecule has 5 nitrogen and oxygen atoms in total. The molecule has 1 aromatic heterocycles. The molecule has 112 valence electrons. The summed E-state index contributed by atoms with van der Waals surface area (Å²) in [6.07, 6.45) is 1.84. The first kappa shape index (κ1) is 15.0. The van der Waals surface area contributed by atoms with E-state index in [2.05, 4.69) is 5.10 Å². The van der Waals surface area contributed by atoms with Gasteiger partial charge < -0.3 is 10.2 Å². The number of aliphatic hydroxyl groups excluding tert-OH is 1. The van der Waals surface area contributed by atoms with Crippen molar-refractivity contribution in [3.63, 3.8) is 0 Å². The van der Waals surface area contributed by atoms with Crippen molar-refractivity contribution in [2.75, 3.05) is 6.61 Å². The Labute approximate surface area is 117 Å². The predicted octanol–water partition coefficient (Wildman–Crippen LogP) is 1.91. The van der Waals surface area contributed by atoms with Crippen molar-refractivity contribution in [1.82, 2.24) is 9.78 Å². The van der Waals surface area contributed by atoms with E-state index in [1.807, 2.05) is 0 Å². The molecular weight excluding hydrogens is 289 g/mol. The van der Waals surface area contributed by atoms with Crippen LogP contribution >= 0.6 is 0 Å². The lowest BCUT2D eigenvalue weighted by Crippen LogP contribution is -2.04. The van der Waals surface area contributed by atoms with Crippen LogP contribution in [0.3, 0.4) is 0 Å². The highest BCUT2D eigenvalue weighted by molar-refractivity contribution is 5.87. The monoisotopic (exact) mass is 300 g/mol. The maximum atomic E-state index is 13.2. The molecule has 21 heavy (non-hydrogen) atoms. The molecule has 0 saturated carbocycles. The lowest BCUT2D eigenvalue weighted by molar-refractivity contribution is 0.0688. The van der Waals surface area contributed by atoms with Crippen molar-refractivity contribution in [2.45, 2.75) is 12.8 Å². The van der Waals surface area contributed by atoms with Crippen LogP contribution in [0.4, 0.5) is 13.2 Å². The van der Waals surface area contributed by atoms with E-state index < -0.39 is 23.4 Å². The molecule has 2 N–H and O–H groups in total. The third-order valence-corrected chi connectivity index (χ3v) is 2.83. The van der Waals surface area contributed by atoms with Gasteiger partial charge in [-0.2, -0.15) is 5.10 Å². The molecule has 2 aromatic rings. The van der Waals surface area contributed by atoms with Gasteiger partial charge in [-0.3, -0.25) is 0 Å². The summed E-state index contributed by atoms with van der Waals surface area (Å²) in [6, 6.07) is 1.43. The van der Waals surface area contributed by atoms with Gasteiger partial charge in [0.2, 0.25) is 0 Å². The molecule has 0 aliphatic carbocycles. The summed E-state index contributed by atoms with van der Waals surface area (Å²) >= 11 is 0. The minimum atomic E-state index is -1.61. The van der Waals surface area contributed by atoms with E-state index in [4.69, 9.17) is 10.2 Å². The van der Waals surface area contributed by atoms with Crippen molar-refractivity contribution in [3.8, 4) is 5.69 Å². The number of hydrogen-bond acceptors (Lipinski definition) is 3. The zero-order valence-corrected chi connectivity index (χ0v) is 10.7. The van der Waals surface area contributed by atoms with E-state index in [0.29, 0.717) is 24.1 Å². The van der Waals surface area contributed by atoms with Crippen LogP contribution in [-0.4, -0.2) is 32.6 Å². The lowest BCUT2D eigenvalue weighted by atomic mass is 10.1. The molecule has 0 fully saturated rings. The van der Waals surface area contributed by atoms with E-state index in [0.717, 1.165) is 4.68 Å². The molecule has 0 radical (unpaired) electrons. The number of benzene rings is 1. The van der Waals surface area contributed by atoms with E-state index in [1.165, 1.54) is 6.20 Å². The fourth-order valence-corrected chi connectivity index (χ4v) is 1.85. The van der Waals surface area contributed by atoms with Crippen LogP contribution in [0.15, 0.2) is 18.3 Å². The van der Waals surface area contributed by atoms with Crippen LogP contribution in [0.2, 0.25) is 0 Å². The number of aliphatic hydroxyl groups is 1. The summed E-state index contributed by atoms with van der Waals surface area (Å²) in [4.78, 5) is 11.1. The number of halogens is 3. The number of aromatic nitrogens is 2. The standard InChI is InChI=1S/C13H11F3N2O3/c14-9-4-8(5-10(15)11(9)16)18-6-7(2-1-3-19)12(17-18)13(20)21/h4-6,19H,1-3H2,(H,20,21). The van der Waals surface area contributed by atoms with Crippen molar-refractivity contribution in [1.29, 1.82) is 0 Å². The molecule has 0 atom stereocenters. The largest absolute Gasteiger partial charge is 0.476 e. The second kappa shape index (κ2) is 5.96. The summed E-state index contributed by atoms with van der Waals surface area (Å²) in [6.45, 7) is -0.135. The molecule has 0 spiro atoms. The Balaban J connectivity index is 2.47. The van der Waals surface area contributed by atoms with Crippen molar-refractivity contribution >= 4 is 5.97 Å². The van der Waals surface area contributed by atoms with Gasteiger partial charge in [-0.1, -0.05) is 0 Å². The van der Waals surface area contributed by atoms with Crippen LogP contribution in [0.5, 0.6) is 0 Å². The summed E-state index contributed by atoms with van der Waals surface area (Å²) in [5.74, 6) is -5.70. The Morgan fingerprint density at radius 3 is 2.38 bits per heavy atom. The van der Waals surface area contributed by atoms with Gasteiger partial charge in [0.15, 0.2) is 23.1 Å². The minimum Gasteiger partial charge on any atom is -0.476 e. The number of aryl methyl sites for hydroxylation is 1. The second-order valence-corrected chi connectivity index (χ2v) is 4.30. The number of carbonyl (C=O) groups is 1. The first-order valence-electron chi connectivity index (χ1n) is 6.01. The van der Waals surface area contributed by atoms with Crippen molar-refractivity contribution < 1.29 is 28.2 Å². The maximum absolute atomic E-state index is 13.2. The zero-order chi connectivity index (χ0) is 15.6. The molecule has 0 aliphatic rings. The van der Waals surface area contributed by atoms with Crippen molar-refractivity contribution in [3.05, 3.63) is 47.0 Å². The Kier molecular flexibility index (Phi) is 4.27. The highest BCUT2D eigenvalue weighted by Gasteiger charge is 2.18. The first-order valence-corrected chi connectivity index (χ1v) is 6.01. The average molecular weight is 300 g/mol. The average Bonchev–Trinajstić information content (AvgIpc) is 2.86. The van der Waals surface area contributed by atoms with Gasteiger partial charge in [-0.05, 0) is 12.8 Å². The van der Waals surface area contributed by atoms with Gasteiger partial charge >= 0.3 is 5.97 Å². The van der Waals surface area contributed by atoms with E-state index >= 15 is 0 Å². The van der Waals surface area contributed by atoms with Gasteiger partial charge in [0, 0.05) is 30.5 Å². The SMILES string of the molecule is O=C(O)c1nn(-c2cc(F)c(F)c(F)c2)cc1CCCO. The molecule has 1 heterocycles. The number of nitrogens with zero attached hydrogens (tertiary/aromatic N) is 2. The fourth-order valence-electron chi connectivity index (χ4n) is 1.85. The Morgan fingerprint density at radius 1 is 1.24 bits per heavy atom. The van der Waals surface area contributed by atoms with Crippen LogP contribution in [0, 0.1) is 17.5 Å². The smallest absolute Gasteiger partial charge is 0.356 e. The van der Waals surface area contributed by atoms with Crippen LogP contribution < -0.4 is 0 Å². The fraction of sp³-hybridized carbons (Fsp3) is 0.231. The molecule has 8 heteroatoms. The third-order valence-electron chi connectivity index (χ3n) is 2.83. The van der Waals surface area contributed by atoms with E-state index in [1.54, 1.807) is 0 Å². The molecular formula is C13H11F3N2O3. The number of carboxylic acids is 1. The lowest BCUT2D eigenvalue weighted by Gasteiger charge is -2.02. The number of rotatable bonds is 5. The van der Waals surface area contributed by atoms with Gasteiger partial charge in [0.05, 0.1) is 5.69 Å². The summed E-state index contributed by atoms with van der Waals surface area (Å²) in [5.41, 5.74) is -0.112. The first-order chi connectivity index (χ1) is 9.93. The Bertz CT molecular complexity index is 662. The predicted molar refractivity (Wildman–Crippen MR) is 65.8 cm³/mol. The molecule has 0 saturated heterocycles. The molecule has 0 aliphatic heterocycles. The van der Waals surface area contributed by atoms with Crippen molar-refractivity contribution in [2.24, 2.45) is 0 Å². The molecule has 0 bridgehead atoms. The molecule has 0 amide bonds.